The van der Waals surface area contributed by atoms with Crippen molar-refractivity contribution in [1.82, 2.24) is 4.98 Å². The lowest BCUT2D eigenvalue weighted by atomic mass is 9.79. The van der Waals surface area contributed by atoms with Gasteiger partial charge in [0.15, 0.2) is 0 Å². The number of aryl methyl sites for hydroxylation is 1. The van der Waals surface area contributed by atoms with Crippen LogP contribution in [0.25, 0.3) is 0 Å². The molecule has 0 fully saturated rings. The van der Waals surface area contributed by atoms with Crippen LogP contribution < -0.4 is 5.73 Å². The Morgan fingerprint density at radius 1 is 1.53 bits per heavy atom. The van der Waals surface area contributed by atoms with Gasteiger partial charge in [0.25, 0.3) is 0 Å². The molecule has 15 heavy (non-hydrogen) atoms. The van der Waals surface area contributed by atoms with Gasteiger partial charge in [0.05, 0.1) is 0 Å². The highest BCUT2D eigenvalue weighted by molar-refractivity contribution is 5.75. The lowest BCUT2D eigenvalue weighted by Gasteiger charge is -2.28. The van der Waals surface area contributed by atoms with Crippen molar-refractivity contribution in [3.8, 4) is 0 Å². The molecule has 1 unspecified atom stereocenters. The number of carbonyl (C=O) groups is 1. The number of pyridine rings is 1. The molecule has 4 nitrogen and oxygen atoms in total. The van der Waals surface area contributed by atoms with E-state index in [4.69, 9.17) is 10.8 Å². The van der Waals surface area contributed by atoms with Gasteiger partial charge in [-0.25, -0.2) is 0 Å². The van der Waals surface area contributed by atoms with Crippen LogP contribution >= 0.6 is 0 Å². The van der Waals surface area contributed by atoms with Crippen LogP contribution in [0.1, 0.15) is 25.1 Å². The van der Waals surface area contributed by atoms with Crippen molar-refractivity contribution in [2.45, 2.75) is 32.2 Å². The molecule has 0 aliphatic heterocycles. The maximum Gasteiger partial charge on any atom is 0.321 e. The van der Waals surface area contributed by atoms with E-state index in [0.29, 0.717) is 0 Å². The largest absolute Gasteiger partial charge is 0.480 e. The summed E-state index contributed by atoms with van der Waals surface area (Å²) in [6.07, 6.45) is 1.68. The summed E-state index contributed by atoms with van der Waals surface area (Å²) < 4.78 is 0. The first kappa shape index (κ1) is 11.7. The van der Waals surface area contributed by atoms with Crippen LogP contribution in [0.4, 0.5) is 0 Å². The van der Waals surface area contributed by atoms with E-state index in [9.17, 15) is 4.79 Å². The van der Waals surface area contributed by atoms with Crippen LogP contribution in [0.15, 0.2) is 18.3 Å². The van der Waals surface area contributed by atoms with Gasteiger partial charge in [0.1, 0.15) is 6.04 Å². The van der Waals surface area contributed by atoms with E-state index in [1.165, 1.54) is 0 Å². The zero-order valence-electron chi connectivity index (χ0n) is 9.19. The average molecular weight is 208 g/mol. The normalized spacial score (nSPS) is 13.6. The third kappa shape index (κ3) is 2.33. The molecule has 0 spiro atoms. The molecule has 0 aliphatic carbocycles. The summed E-state index contributed by atoms with van der Waals surface area (Å²) in [6, 6.07) is 2.79. The highest BCUT2D eigenvalue weighted by Crippen LogP contribution is 2.25. The Hall–Kier alpha value is -1.42. The van der Waals surface area contributed by atoms with E-state index < -0.39 is 17.4 Å². The molecular formula is C11H16N2O2. The van der Waals surface area contributed by atoms with Crippen LogP contribution in [-0.4, -0.2) is 22.1 Å². The Labute approximate surface area is 89.1 Å². The number of aromatic nitrogens is 1. The zero-order chi connectivity index (χ0) is 11.6. The highest BCUT2D eigenvalue weighted by atomic mass is 16.4. The first-order valence-electron chi connectivity index (χ1n) is 4.77. The minimum atomic E-state index is -0.999. The second-order valence-corrected chi connectivity index (χ2v) is 4.23. The molecule has 1 aromatic rings. The summed E-state index contributed by atoms with van der Waals surface area (Å²) in [5.41, 5.74) is 6.76. The SMILES string of the molecule is Cc1ccc(C(C)(C)C(N)C(=O)O)cn1. The van der Waals surface area contributed by atoms with E-state index in [2.05, 4.69) is 4.98 Å². The maximum absolute atomic E-state index is 10.8. The molecule has 0 saturated carbocycles. The molecule has 0 aliphatic rings. The van der Waals surface area contributed by atoms with E-state index in [1.807, 2.05) is 19.1 Å². The zero-order valence-corrected chi connectivity index (χ0v) is 9.19. The van der Waals surface area contributed by atoms with Gasteiger partial charge in [-0.3, -0.25) is 9.78 Å². The number of carboxylic acids is 1. The maximum atomic E-state index is 10.8. The number of carboxylic acid groups (broad SMARTS) is 1. The summed E-state index contributed by atoms with van der Waals surface area (Å²) >= 11 is 0. The molecule has 1 heterocycles. The van der Waals surface area contributed by atoms with Gasteiger partial charge in [-0.15, -0.1) is 0 Å². The summed E-state index contributed by atoms with van der Waals surface area (Å²) in [5, 5.41) is 8.89. The second kappa shape index (κ2) is 3.98. The Bertz CT molecular complexity index is 357. The van der Waals surface area contributed by atoms with Gasteiger partial charge in [-0.2, -0.15) is 0 Å². The molecule has 0 saturated heterocycles. The van der Waals surface area contributed by atoms with Crippen molar-refractivity contribution >= 4 is 5.97 Å². The third-order valence-electron chi connectivity index (χ3n) is 2.70. The topological polar surface area (TPSA) is 76.2 Å². The third-order valence-corrected chi connectivity index (χ3v) is 2.70. The van der Waals surface area contributed by atoms with Gasteiger partial charge in [-0.05, 0) is 18.6 Å². The van der Waals surface area contributed by atoms with Crippen LogP contribution in [0.3, 0.4) is 0 Å². The first-order chi connectivity index (χ1) is 6.85. The van der Waals surface area contributed by atoms with E-state index in [-0.39, 0.29) is 0 Å². The number of aliphatic carboxylic acids is 1. The number of hydrogen-bond acceptors (Lipinski definition) is 3. The Morgan fingerprint density at radius 2 is 2.13 bits per heavy atom. The van der Waals surface area contributed by atoms with Gasteiger partial charge >= 0.3 is 5.97 Å². The van der Waals surface area contributed by atoms with Crippen molar-refractivity contribution in [3.63, 3.8) is 0 Å². The molecule has 0 radical (unpaired) electrons. The molecule has 82 valence electrons. The first-order valence-corrected chi connectivity index (χ1v) is 4.77. The van der Waals surface area contributed by atoms with E-state index in [0.717, 1.165) is 11.3 Å². The number of nitrogens with zero attached hydrogens (tertiary/aromatic N) is 1. The second-order valence-electron chi connectivity index (χ2n) is 4.23. The van der Waals surface area contributed by atoms with Gasteiger partial charge in [-0.1, -0.05) is 19.9 Å². The standard InChI is InChI=1S/C11H16N2O2/c1-7-4-5-8(6-13-7)11(2,3)9(12)10(14)15/h4-6,9H,12H2,1-3H3,(H,14,15). The van der Waals surface area contributed by atoms with Crippen LogP contribution in [0.5, 0.6) is 0 Å². The van der Waals surface area contributed by atoms with Crippen molar-refractivity contribution in [1.29, 1.82) is 0 Å². The lowest BCUT2D eigenvalue weighted by molar-refractivity contribution is -0.140. The van der Waals surface area contributed by atoms with Crippen molar-refractivity contribution < 1.29 is 9.90 Å². The molecule has 1 atom stereocenters. The summed E-state index contributed by atoms with van der Waals surface area (Å²) in [7, 11) is 0. The van der Waals surface area contributed by atoms with E-state index >= 15 is 0 Å². The van der Waals surface area contributed by atoms with Crippen LogP contribution in [0.2, 0.25) is 0 Å². The lowest BCUT2D eigenvalue weighted by Crippen LogP contribution is -2.46. The van der Waals surface area contributed by atoms with Crippen molar-refractivity contribution in [2.24, 2.45) is 5.73 Å². The molecule has 1 rings (SSSR count). The quantitative estimate of drug-likeness (QED) is 0.779. The molecule has 4 heteroatoms. The number of rotatable bonds is 3. The van der Waals surface area contributed by atoms with Gasteiger partial charge in [0, 0.05) is 17.3 Å². The van der Waals surface area contributed by atoms with E-state index in [1.54, 1.807) is 20.0 Å². The van der Waals surface area contributed by atoms with Gasteiger partial charge in [0.2, 0.25) is 0 Å². The molecule has 0 amide bonds. The smallest absolute Gasteiger partial charge is 0.321 e. The fourth-order valence-electron chi connectivity index (χ4n) is 1.34. The number of hydrogen-bond donors (Lipinski definition) is 2. The van der Waals surface area contributed by atoms with Crippen LogP contribution in [0, 0.1) is 6.92 Å². The summed E-state index contributed by atoms with van der Waals surface area (Å²) in [5.74, 6) is -0.999. The molecule has 0 aromatic carbocycles. The van der Waals surface area contributed by atoms with Gasteiger partial charge < -0.3 is 10.8 Å². The molecule has 3 N–H and O–H groups in total. The monoisotopic (exact) mass is 208 g/mol. The predicted octanol–water partition coefficient (Wildman–Crippen LogP) is 1.08. The fourth-order valence-corrected chi connectivity index (χ4v) is 1.34. The average Bonchev–Trinajstić information content (AvgIpc) is 2.17. The van der Waals surface area contributed by atoms with Crippen molar-refractivity contribution in [3.05, 3.63) is 29.6 Å². The van der Waals surface area contributed by atoms with Crippen molar-refractivity contribution in [2.75, 3.05) is 0 Å². The Balaban J connectivity index is 3.05. The molecular weight excluding hydrogens is 192 g/mol. The highest BCUT2D eigenvalue weighted by Gasteiger charge is 2.33. The fraction of sp³-hybridized carbons (Fsp3) is 0.455. The molecule has 1 aromatic heterocycles. The minimum absolute atomic E-state index is 0.619. The predicted molar refractivity (Wildman–Crippen MR) is 57.6 cm³/mol. The van der Waals surface area contributed by atoms with Crippen LogP contribution in [-0.2, 0) is 10.2 Å². The molecule has 0 bridgehead atoms. The number of nitrogens with two attached hydrogens (primary N) is 1. The minimum Gasteiger partial charge on any atom is -0.480 e. The summed E-state index contributed by atoms with van der Waals surface area (Å²) in [4.78, 5) is 15.0. The summed E-state index contributed by atoms with van der Waals surface area (Å²) in [6.45, 7) is 5.49. The Kier molecular flexibility index (Phi) is 3.09. The Morgan fingerprint density at radius 3 is 2.53 bits per heavy atom.